The van der Waals surface area contributed by atoms with Crippen molar-refractivity contribution in [2.45, 2.75) is 0 Å². The smallest absolute Gasteiger partial charge is 0.652 e. The van der Waals surface area contributed by atoms with Crippen LogP contribution in [0.5, 0.6) is 0 Å². The van der Waals surface area contributed by atoms with E-state index in [-0.39, 0.29) is 46.2 Å². The minimum absolute atomic E-state index is 0. The third-order valence-corrected chi connectivity index (χ3v) is 0. The SMILES string of the molecule is B.O=C([O-])[O-].[Ca+2]. The summed E-state index contributed by atoms with van der Waals surface area (Å²) in [6, 6.07) is 0. The number of rotatable bonds is 0. The van der Waals surface area contributed by atoms with Gasteiger partial charge in [0.2, 0.25) is 0 Å². The first kappa shape index (κ1) is 16.0. The molecule has 0 aliphatic carbocycles. The van der Waals surface area contributed by atoms with Gasteiger partial charge >= 0.3 is 37.7 Å². The molecule has 0 bridgehead atoms. The Morgan fingerprint density at radius 1 is 1.33 bits per heavy atom. The molecule has 0 radical (unpaired) electrons. The van der Waals surface area contributed by atoms with Crippen LogP contribution in [0.2, 0.25) is 0 Å². The van der Waals surface area contributed by atoms with E-state index in [0.717, 1.165) is 0 Å². The van der Waals surface area contributed by atoms with Gasteiger partial charge in [0.05, 0.1) is 8.41 Å². The topological polar surface area (TPSA) is 63.2 Å². The molecule has 0 fully saturated rings. The maximum Gasteiger partial charge on any atom is 2.00 e. The van der Waals surface area contributed by atoms with Crippen molar-refractivity contribution in [1.29, 1.82) is 0 Å². The second-order valence-electron chi connectivity index (χ2n) is 0.250. The summed E-state index contributed by atoms with van der Waals surface area (Å²) in [6.45, 7) is 0. The summed E-state index contributed by atoms with van der Waals surface area (Å²) in [5.41, 5.74) is 0. The molecule has 6 heavy (non-hydrogen) atoms. The van der Waals surface area contributed by atoms with Crippen LogP contribution in [0.3, 0.4) is 0 Å². The Labute approximate surface area is 66.9 Å². The van der Waals surface area contributed by atoms with E-state index in [1.807, 2.05) is 0 Å². The Hall–Kier alpha value is 0.595. The zero-order chi connectivity index (χ0) is 3.58. The zero-order valence-corrected chi connectivity index (χ0v) is 4.64. The van der Waals surface area contributed by atoms with Crippen molar-refractivity contribution in [2.75, 3.05) is 0 Å². The third-order valence-electron chi connectivity index (χ3n) is 0. The fourth-order valence-corrected chi connectivity index (χ4v) is 0. The molecular formula is CH3BCaO3. The van der Waals surface area contributed by atoms with Crippen molar-refractivity contribution in [3.8, 4) is 0 Å². The maximum atomic E-state index is 8.33. The van der Waals surface area contributed by atoms with Crippen molar-refractivity contribution in [2.24, 2.45) is 0 Å². The molecule has 0 aromatic rings. The van der Waals surface area contributed by atoms with Gasteiger partial charge in [-0.2, -0.15) is 0 Å². The van der Waals surface area contributed by atoms with Gasteiger partial charge in [0.15, 0.2) is 0 Å². The Morgan fingerprint density at radius 2 is 1.33 bits per heavy atom. The van der Waals surface area contributed by atoms with Crippen molar-refractivity contribution < 1.29 is 15.0 Å². The summed E-state index contributed by atoms with van der Waals surface area (Å²) in [4.78, 5) is 8.33. The molecular weight excluding hydrogens is 111 g/mol. The molecule has 5 heteroatoms. The molecule has 0 amide bonds. The Bertz CT molecular complexity index is 33.8. The van der Waals surface area contributed by atoms with Crippen molar-refractivity contribution in [3.05, 3.63) is 0 Å². The summed E-state index contributed by atoms with van der Waals surface area (Å²) >= 11 is 0. The first-order chi connectivity index (χ1) is 1.73. The Balaban J connectivity index is -0.0000000450. The first-order valence-corrected chi connectivity index (χ1v) is 0.612. The van der Waals surface area contributed by atoms with Crippen LogP contribution in [0.25, 0.3) is 0 Å². The standard InChI is InChI=1S/CH2O3.BH3.Ca/c2-1(3)4;;/h(H2,2,3,4);1H3;/q;;+2/p-2. The van der Waals surface area contributed by atoms with Crippen LogP contribution in [0.15, 0.2) is 0 Å². The van der Waals surface area contributed by atoms with Crippen molar-refractivity contribution >= 4 is 52.3 Å². The Morgan fingerprint density at radius 3 is 1.33 bits per heavy atom. The fourth-order valence-electron chi connectivity index (χ4n) is 0. The molecule has 3 nitrogen and oxygen atoms in total. The van der Waals surface area contributed by atoms with Gasteiger partial charge in [0.25, 0.3) is 0 Å². The van der Waals surface area contributed by atoms with Gasteiger partial charge in [-0.3, -0.25) is 0 Å². The molecule has 0 unspecified atom stereocenters. The van der Waals surface area contributed by atoms with Crippen LogP contribution in [0.4, 0.5) is 4.79 Å². The fraction of sp³-hybridized carbons (Fsp3) is 0. The molecule has 0 spiro atoms. The van der Waals surface area contributed by atoms with E-state index in [9.17, 15) is 0 Å². The molecule has 0 aliphatic heterocycles. The quantitative estimate of drug-likeness (QED) is 0.301. The summed E-state index contributed by atoms with van der Waals surface area (Å²) in [5.74, 6) is 0. The third kappa shape index (κ3) is 168. The second kappa shape index (κ2) is 9.14. The van der Waals surface area contributed by atoms with Crippen LogP contribution in [0, 0.1) is 0 Å². The van der Waals surface area contributed by atoms with Crippen LogP contribution >= 0.6 is 0 Å². The molecule has 0 heterocycles. The molecule has 0 aliphatic rings. The molecule has 0 atom stereocenters. The minimum atomic E-state index is -2.33. The van der Waals surface area contributed by atoms with Crippen LogP contribution in [0.1, 0.15) is 0 Å². The minimum Gasteiger partial charge on any atom is -0.652 e. The molecule has 0 aromatic heterocycles. The number of carbonyl (C=O) groups is 1. The zero-order valence-electron chi connectivity index (χ0n) is 2.43. The van der Waals surface area contributed by atoms with Gasteiger partial charge in [-0.15, -0.1) is 0 Å². The van der Waals surface area contributed by atoms with Crippen molar-refractivity contribution in [1.82, 2.24) is 0 Å². The van der Waals surface area contributed by atoms with Gasteiger partial charge in [0, 0.05) is 0 Å². The van der Waals surface area contributed by atoms with Gasteiger partial charge in [-0.25, -0.2) is 0 Å². The van der Waals surface area contributed by atoms with E-state index in [2.05, 4.69) is 0 Å². The Kier molecular flexibility index (Phi) is 24.3. The second-order valence-corrected chi connectivity index (χ2v) is 0.250. The number of hydrogen-bond acceptors (Lipinski definition) is 3. The van der Waals surface area contributed by atoms with E-state index in [1.54, 1.807) is 0 Å². The van der Waals surface area contributed by atoms with Gasteiger partial charge in [0.1, 0.15) is 0 Å². The summed E-state index contributed by atoms with van der Waals surface area (Å²) < 4.78 is 0. The maximum absolute atomic E-state index is 8.33. The van der Waals surface area contributed by atoms with Gasteiger partial charge < -0.3 is 15.0 Å². The molecule has 0 rings (SSSR count). The summed E-state index contributed by atoms with van der Waals surface area (Å²) in [5, 5.41) is 16.7. The normalized spacial score (nSPS) is 4.00. The number of carboxylic acid groups (broad SMARTS) is 2. The van der Waals surface area contributed by atoms with E-state index < -0.39 is 6.16 Å². The van der Waals surface area contributed by atoms with Gasteiger partial charge in [-0.05, 0) is 6.16 Å². The molecule has 0 saturated carbocycles. The van der Waals surface area contributed by atoms with E-state index in [1.165, 1.54) is 0 Å². The summed E-state index contributed by atoms with van der Waals surface area (Å²) in [7, 11) is 0. The largest absolute Gasteiger partial charge is 2.00 e. The van der Waals surface area contributed by atoms with Gasteiger partial charge in [-0.1, -0.05) is 0 Å². The van der Waals surface area contributed by atoms with Crippen LogP contribution < -0.4 is 10.2 Å². The first-order valence-electron chi connectivity index (χ1n) is 0.612. The molecule has 0 aromatic carbocycles. The van der Waals surface area contributed by atoms with Crippen LogP contribution in [-0.4, -0.2) is 52.3 Å². The van der Waals surface area contributed by atoms with E-state index >= 15 is 0 Å². The molecule has 30 valence electrons. The van der Waals surface area contributed by atoms with E-state index in [4.69, 9.17) is 15.0 Å². The molecule has 0 N–H and O–H groups in total. The average molecular weight is 114 g/mol. The summed E-state index contributed by atoms with van der Waals surface area (Å²) in [6.07, 6.45) is -2.33. The predicted molar refractivity (Wildman–Crippen MR) is 21.1 cm³/mol. The van der Waals surface area contributed by atoms with Crippen LogP contribution in [-0.2, 0) is 0 Å². The van der Waals surface area contributed by atoms with Crippen molar-refractivity contribution in [3.63, 3.8) is 0 Å². The molecule has 0 saturated heterocycles. The number of carbonyl (C=O) groups excluding carboxylic acids is 1. The van der Waals surface area contributed by atoms with E-state index in [0.29, 0.717) is 0 Å². The predicted octanol–water partition coefficient (Wildman–Crippen LogP) is -4.01. The monoisotopic (exact) mass is 114 g/mol. The average Bonchev–Trinajstić information content (AvgIpc) is 0.811. The number of hydrogen-bond donors (Lipinski definition) is 0.